The van der Waals surface area contributed by atoms with Crippen LogP contribution < -0.4 is 10.7 Å². The van der Waals surface area contributed by atoms with Crippen LogP contribution in [0.3, 0.4) is 0 Å². The van der Waals surface area contributed by atoms with Gasteiger partial charge in [0.15, 0.2) is 0 Å². The Bertz CT molecular complexity index is 972. The smallest absolute Gasteiger partial charge is 0.262 e. The largest absolute Gasteiger partial charge is 0.507 e. The third-order valence-electron chi connectivity index (χ3n) is 3.89. The predicted molar refractivity (Wildman–Crippen MR) is 106 cm³/mol. The first-order chi connectivity index (χ1) is 12.5. The van der Waals surface area contributed by atoms with Gasteiger partial charge in [0.2, 0.25) is 0 Å². The highest BCUT2D eigenvalue weighted by Gasteiger charge is 2.12. The van der Waals surface area contributed by atoms with Crippen molar-refractivity contribution in [2.45, 2.75) is 13.0 Å². The van der Waals surface area contributed by atoms with Crippen LogP contribution in [0, 0.1) is 0 Å². The number of carbonyl (C=O) groups excluding carboxylic acids is 1. The van der Waals surface area contributed by atoms with Gasteiger partial charge in [-0.3, -0.25) is 4.79 Å². The molecule has 0 aliphatic heterocycles. The molecule has 0 heterocycles. The van der Waals surface area contributed by atoms with Crippen molar-refractivity contribution in [1.29, 1.82) is 0 Å². The van der Waals surface area contributed by atoms with Crippen molar-refractivity contribution in [3.05, 3.63) is 71.2 Å². The Hall–Kier alpha value is -3.05. The molecule has 0 saturated carbocycles. The van der Waals surface area contributed by atoms with Crippen molar-refractivity contribution in [2.24, 2.45) is 5.10 Å². The van der Waals surface area contributed by atoms with Gasteiger partial charge in [-0.2, -0.15) is 5.10 Å². The molecule has 0 unspecified atom stereocenters. The fourth-order valence-corrected chi connectivity index (χ4v) is 2.67. The summed E-state index contributed by atoms with van der Waals surface area (Å²) >= 11 is 5.87. The van der Waals surface area contributed by atoms with E-state index in [1.165, 1.54) is 12.3 Å². The highest BCUT2D eigenvalue weighted by Crippen LogP contribution is 2.20. The summed E-state index contributed by atoms with van der Waals surface area (Å²) in [6.45, 7) is 1.75. The zero-order chi connectivity index (χ0) is 18.5. The van der Waals surface area contributed by atoms with E-state index < -0.39 is 6.04 Å². The molecule has 3 N–H and O–H groups in total. The Labute approximate surface area is 156 Å². The van der Waals surface area contributed by atoms with Crippen molar-refractivity contribution in [2.75, 3.05) is 5.32 Å². The standard InChI is InChI=1S/C20H18ClN3O2/c1-13(23-18-8-6-14-4-2-3-5-15(14)11-18)20(26)24-22-12-16-10-17(21)7-9-19(16)25/h2-13,23,25H,1H3,(H,24,26)/b22-12+/t13-/m1/s1. The van der Waals surface area contributed by atoms with Crippen LogP contribution in [0.25, 0.3) is 10.8 Å². The first-order valence-corrected chi connectivity index (χ1v) is 8.47. The van der Waals surface area contributed by atoms with E-state index in [1.807, 2.05) is 42.5 Å². The zero-order valence-electron chi connectivity index (χ0n) is 14.1. The average molecular weight is 368 g/mol. The summed E-state index contributed by atoms with van der Waals surface area (Å²) in [5, 5.41) is 19.4. The van der Waals surface area contributed by atoms with E-state index in [1.54, 1.807) is 19.1 Å². The van der Waals surface area contributed by atoms with Gasteiger partial charge < -0.3 is 10.4 Å². The third kappa shape index (κ3) is 4.32. The monoisotopic (exact) mass is 367 g/mol. The number of aromatic hydroxyl groups is 1. The maximum Gasteiger partial charge on any atom is 0.262 e. The topological polar surface area (TPSA) is 73.7 Å². The van der Waals surface area contributed by atoms with Gasteiger partial charge in [-0.05, 0) is 48.0 Å². The van der Waals surface area contributed by atoms with Crippen LogP contribution in [0.2, 0.25) is 5.02 Å². The molecule has 3 rings (SSSR count). The molecule has 0 aromatic heterocycles. The number of hydrazone groups is 1. The van der Waals surface area contributed by atoms with Gasteiger partial charge in [0, 0.05) is 16.3 Å². The van der Waals surface area contributed by atoms with Crippen molar-refractivity contribution in [1.82, 2.24) is 5.43 Å². The number of hydrogen-bond acceptors (Lipinski definition) is 4. The van der Waals surface area contributed by atoms with Gasteiger partial charge in [-0.1, -0.05) is 41.9 Å². The highest BCUT2D eigenvalue weighted by molar-refractivity contribution is 6.30. The maximum absolute atomic E-state index is 12.2. The summed E-state index contributed by atoms with van der Waals surface area (Å²) < 4.78 is 0. The second-order valence-corrected chi connectivity index (χ2v) is 6.30. The number of hydrogen-bond donors (Lipinski definition) is 3. The van der Waals surface area contributed by atoms with Crippen LogP contribution in [-0.4, -0.2) is 23.3 Å². The molecule has 1 atom stereocenters. The number of fused-ring (bicyclic) bond motifs is 1. The summed E-state index contributed by atoms with van der Waals surface area (Å²) in [7, 11) is 0. The number of amides is 1. The molecule has 26 heavy (non-hydrogen) atoms. The van der Waals surface area contributed by atoms with E-state index >= 15 is 0 Å². The third-order valence-corrected chi connectivity index (χ3v) is 4.13. The average Bonchev–Trinajstić information content (AvgIpc) is 2.64. The number of nitrogens with one attached hydrogen (secondary N) is 2. The number of phenolic OH excluding ortho intramolecular Hbond substituents is 1. The molecule has 0 radical (unpaired) electrons. The number of anilines is 1. The molecular formula is C20H18ClN3O2. The van der Waals surface area contributed by atoms with E-state index in [2.05, 4.69) is 15.8 Å². The SMILES string of the molecule is C[C@@H](Nc1ccc2ccccc2c1)C(=O)N/N=C/c1cc(Cl)ccc1O. The minimum atomic E-state index is -0.485. The highest BCUT2D eigenvalue weighted by atomic mass is 35.5. The zero-order valence-corrected chi connectivity index (χ0v) is 14.9. The Morgan fingerprint density at radius 2 is 1.88 bits per heavy atom. The number of phenols is 1. The first-order valence-electron chi connectivity index (χ1n) is 8.10. The van der Waals surface area contributed by atoms with Crippen LogP contribution in [0.5, 0.6) is 5.75 Å². The summed E-state index contributed by atoms with van der Waals surface area (Å²) in [6.07, 6.45) is 1.35. The minimum absolute atomic E-state index is 0.0368. The van der Waals surface area contributed by atoms with Crippen molar-refractivity contribution >= 4 is 40.2 Å². The quantitative estimate of drug-likeness (QED) is 0.468. The summed E-state index contributed by atoms with van der Waals surface area (Å²) in [5.41, 5.74) is 3.72. The lowest BCUT2D eigenvalue weighted by Gasteiger charge is -2.14. The molecule has 0 aliphatic rings. The number of carbonyl (C=O) groups is 1. The maximum atomic E-state index is 12.2. The Morgan fingerprint density at radius 3 is 2.69 bits per heavy atom. The van der Waals surface area contributed by atoms with Crippen LogP contribution in [0.1, 0.15) is 12.5 Å². The molecule has 0 fully saturated rings. The van der Waals surface area contributed by atoms with Crippen molar-refractivity contribution < 1.29 is 9.90 Å². The number of halogens is 1. The number of benzene rings is 3. The van der Waals surface area contributed by atoms with E-state index in [4.69, 9.17) is 11.6 Å². The van der Waals surface area contributed by atoms with Crippen LogP contribution in [0.4, 0.5) is 5.69 Å². The van der Waals surface area contributed by atoms with Crippen LogP contribution in [0.15, 0.2) is 65.8 Å². The Kier molecular flexibility index (Phi) is 5.39. The second kappa shape index (κ2) is 7.89. The van der Waals surface area contributed by atoms with Gasteiger partial charge in [0.1, 0.15) is 11.8 Å². The molecule has 0 aliphatic carbocycles. The number of rotatable bonds is 5. The lowest BCUT2D eigenvalue weighted by molar-refractivity contribution is -0.121. The van der Waals surface area contributed by atoms with Crippen molar-refractivity contribution in [3.63, 3.8) is 0 Å². The Morgan fingerprint density at radius 1 is 1.12 bits per heavy atom. The molecule has 132 valence electrons. The van der Waals surface area contributed by atoms with Gasteiger partial charge in [-0.25, -0.2) is 5.43 Å². The van der Waals surface area contributed by atoms with Crippen molar-refractivity contribution in [3.8, 4) is 5.75 Å². The van der Waals surface area contributed by atoms with Gasteiger partial charge in [0.25, 0.3) is 5.91 Å². The normalized spacial score (nSPS) is 12.2. The fraction of sp³-hybridized carbons (Fsp3) is 0.100. The van der Waals surface area contributed by atoms with Crippen LogP contribution in [-0.2, 0) is 4.79 Å². The lowest BCUT2D eigenvalue weighted by Crippen LogP contribution is -2.34. The van der Waals surface area contributed by atoms with E-state index in [-0.39, 0.29) is 11.7 Å². The molecule has 6 heteroatoms. The molecule has 3 aromatic carbocycles. The Balaban J connectivity index is 1.61. The molecule has 0 saturated heterocycles. The summed E-state index contributed by atoms with van der Waals surface area (Å²) in [6, 6.07) is 18.1. The lowest BCUT2D eigenvalue weighted by atomic mass is 10.1. The molecule has 0 spiro atoms. The molecule has 5 nitrogen and oxygen atoms in total. The molecule has 3 aromatic rings. The van der Waals surface area contributed by atoms with E-state index in [0.717, 1.165) is 16.5 Å². The first kappa shape index (κ1) is 17.8. The van der Waals surface area contributed by atoms with Gasteiger partial charge in [-0.15, -0.1) is 0 Å². The second-order valence-electron chi connectivity index (χ2n) is 5.87. The van der Waals surface area contributed by atoms with Gasteiger partial charge >= 0.3 is 0 Å². The van der Waals surface area contributed by atoms with E-state index in [9.17, 15) is 9.90 Å². The summed E-state index contributed by atoms with van der Waals surface area (Å²) in [5.74, 6) is -0.259. The van der Waals surface area contributed by atoms with E-state index in [0.29, 0.717) is 10.6 Å². The molecular weight excluding hydrogens is 350 g/mol. The van der Waals surface area contributed by atoms with Gasteiger partial charge in [0.05, 0.1) is 6.21 Å². The minimum Gasteiger partial charge on any atom is -0.507 e. The summed E-state index contributed by atoms with van der Waals surface area (Å²) in [4.78, 5) is 12.2. The molecule has 0 bridgehead atoms. The predicted octanol–water partition coefficient (Wildman–Crippen LogP) is 4.15. The van der Waals surface area contributed by atoms with Crippen LogP contribution >= 0.6 is 11.6 Å². The fourth-order valence-electron chi connectivity index (χ4n) is 2.49. The number of nitrogens with zero attached hydrogens (tertiary/aromatic N) is 1. The molecule has 1 amide bonds.